The number of esters is 1. The Labute approximate surface area is 194 Å². The summed E-state index contributed by atoms with van der Waals surface area (Å²) in [5, 5.41) is 12.2. The van der Waals surface area contributed by atoms with Gasteiger partial charge in [-0.1, -0.05) is 37.5 Å². The number of carbonyl (C=O) groups excluding carboxylic acids is 2. The molecule has 2 aromatic rings. The predicted octanol–water partition coefficient (Wildman–Crippen LogP) is 3.40. The summed E-state index contributed by atoms with van der Waals surface area (Å²) in [6, 6.07) is 16.2. The molecule has 1 atom stereocenters. The number of amides is 1. The molecule has 9 heteroatoms. The summed E-state index contributed by atoms with van der Waals surface area (Å²) in [6.07, 6.45) is 2.79. The maximum atomic E-state index is 12.9. The highest BCUT2D eigenvalue weighted by molar-refractivity contribution is 7.92. The average molecular weight is 470 g/mol. The summed E-state index contributed by atoms with van der Waals surface area (Å²) < 4.78 is 32.1. The van der Waals surface area contributed by atoms with E-state index in [2.05, 4.69) is 11.4 Å². The van der Waals surface area contributed by atoms with E-state index in [1.54, 1.807) is 30.3 Å². The lowest BCUT2D eigenvalue weighted by atomic mass is 9.83. The topological polar surface area (TPSA) is 117 Å². The van der Waals surface area contributed by atoms with E-state index in [4.69, 9.17) is 4.74 Å². The van der Waals surface area contributed by atoms with Crippen molar-refractivity contribution in [3.8, 4) is 6.07 Å². The standard InChI is InChI=1S/C24H27N3O5S/c1-18(22(28)26-24(17-25)15-7-4-8-16-24)32-23(29)19-11-13-21(14-12-19)33(30,31)27(2)20-9-5-3-6-10-20/h3,5-6,9-14,18H,4,7-8,15-16H2,1-2H3,(H,26,28). The Hall–Kier alpha value is -3.38. The molecular weight excluding hydrogens is 442 g/mol. The highest BCUT2D eigenvalue weighted by atomic mass is 32.2. The van der Waals surface area contributed by atoms with Gasteiger partial charge in [0.1, 0.15) is 5.54 Å². The smallest absolute Gasteiger partial charge is 0.338 e. The Kier molecular flexibility index (Phi) is 7.39. The van der Waals surface area contributed by atoms with Crippen molar-refractivity contribution in [3.63, 3.8) is 0 Å². The van der Waals surface area contributed by atoms with Gasteiger partial charge in [0.15, 0.2) is 6.10 Å². The van der Waals surface area contributed by atoms with Crippen molar-refractivity contribution in [1.29, 1.82) is 5.26 Å². The summed E-state index contributed by atoms with van der Waals surface area (Å²) in [5.74, 6) is -1.29. The molecule has 0 spiro atoms. The Balaban J connectivity index is 1.65. The molecule has 174 valence electrons. The highest BCUT2D eigenvalue weighted by Gasteiger charge is 2.35. The molecule has 1 N–H and O–H groups in total. The van der Waals surface area contributed by atoms with Gasteiger partial charge in [-0.05, 0) is 56.2 Å². The molecule has 0 bridgehead atoms. The molecule has 0 saturated heterocycles. The van der Waals surface area contributed by atoms with Gasteiger partial charge < -0.3 is 10.1 Å². The van der Waals surface area contributed by atoms with Crippen LogP contribution in [-0.2, 0) is 19.6 Å². The monoisotopic (exact) mass is 469 g/mol. The van der Waals surface area contributed by atoms with Crippen molar-refractivity contribution in [2.75, 3.05) is 11.4 Å². The number of sulfonamides is 1. The molecule has 1 aliphatic rings. The van der Waals surface area contributed by atoms with E-state index in [0.717, 1.165) is 23.6 Å². The molecule has 1 saturated carbocycles. The SMILES string of the molecule is CC(OC(=O)c1ccc(S(=O)(=O)N(C)c2ccccc2)cc1)C(=O)NC1(C#N)CCCCC1. The number of rotatable bonds is 7. The number of carbonyl (C=O) groups is 2. The van der Waals surface area contributed by atoms with Crippen LogP contribution in [0.5, 0.6) is 0 Å². The molecule has 0 heterocycles. The van der Waals surface area contributed by atoms with Gasteiger partial charge in [-0.15, -0.1) is 0 Å². The minimum atomic E-state index is -3.81. The number of hydrogen-bond donors (Lipinski definition) is 1. The van der Waals surface area contributed by atoms with Crippen molar-refractivity contribution in [3.05, 3.63) is 60.2 Å². The van der Waals surface area contributed by atoms with Crippen LogP contribution >= 0.6 is 0 Å². The molecule has 1 aliphatic carbocycles. The maximum absolute atomic E-state index is 12.9. The van der Waals surface area contributed by atoms with E-state index in [1.165, 1.54) is 38.2 Å². The second-order valence-corrected chi connectivity index (χ2v) is 10.1. The zero-order chi connectivity index (χ0) is 24.1. The van der Waals surface area contributed by atoms with Crippen molar-refractivity contribution in [1.82, 2.24) is 5.32 Å². The van der Waals surface area contributed by atoms with Gasteiger partial charge >= 0.3 is 5.97 Å². The molecule has 1 amide bonds. The predicted molar refractivity (Wildman–Crippen MR) is 123 cm³/mol. The molecule has 8 nitrogen and oxygen atoms in total. The third kappa shape index (κ3) is 5.52. The van der Waals surface area contributed by atoms with Crippen LogP contribution in [0.15, 0.2) is 59.5 Å². The highest BCUT2D eigenvalue weighted by Crippen LogP contribution is 2.28. The van der Waals surface area contributed by atoms with Crippen LogP contribution in [0.25, 0.3) is 0 Å². The first kappa shape index (κ1) is 24.3. The minimum absolute atomic E-state index is 0.0180. The number of nitriles is 1. The molecule has 0 aliphatic heterocycles. The van der Waals surface area contributed by atoms with Gasteiger partial charge in [0, 0.05) is 7.05 Å². The van der Waals surface area contributed by atoms with Crippen molar-refractivity contribution < 1.29 is 22.7 Å². The van der Waals surface area contributed by atoms with E-state index in [-0.39, 0.29) is 10.5 Å². The number of ether oxygens (including phenoxy) is 1. The molecule has 3 rings (SSSR count). The minimum Gasteiger partial charge on any atom is -0.449 e. The van der Waals surface area contributed by atoms with E-state index in [1.807, 2.05) is 0 Å². The lowest BCUT2D eigenvalue weighted by Gasteiger charge is -2.32. The second kappa shape index (κ2) is 10.0. The van der Waals surface area contributed by atoms with Crippen molar-refractivity contribution in [2.24, 2.45) is 0 Å². The summed E-state index contributed by atoms with van der Waals surface area (Å²) in [6.45, 7) is 1.44. The van der Waals surface area contributed by atoms with Gasteiger partial charge in [-0.2, -0.15) is 5.26 Å². The van der Waals surface area contributed by atoms with Crippen molar-refractivity contribution in [2.45, 2.75) is 55.6 Å². The first-order valence-electron chi connectivity index (χ1n) is 10.8. The zero-order valence-corrected chi connectivity index (χ0v) is 19.5. The fourth-order valence-electron chi connectivity index (χ4n) is 3.74. The van der Waals surface area contributed by atoms with Gasteiger partial charge in [0.05, 0.1) is 22.2 Å². The molecule has 1 unspecified atom stereocenters. The van der Waals surface area contributed by atoms with E-state index in [0.29, 0.717) is 18.5 Å². The molecule has 33 heavy (non-hydrogen) atoms. The molecule has 0 aromatic heterocycles. The number of benzene rings is 2. The summed E-state index contributed by atoms with van der Waals surface area (Å²) in [5.41, 5.74) is -0.297. The van der Waals surface area contributed by atoms with Gasteiger partial charge in [0.25, 0.3) is 15.9 Å². The number of hydrogen-bond acceptors (Lipinski definition) is 6. The Bertz CT molecular complexity index is 1130. The second-order valence-electron chi connectivity index (χ2n) is 8.12. The molecule has 2 aromatic carbocycles. The number of anilines is 1. The van der Waals surface area contributed by atoms with Gasteiger partial charge in [-0.25, -0.2) is 13.2 Å². The first-order valence-corrected chi connectivity index (χ1v) is 12.2. The molecule has 0 radical (unpaired) electrons. The average Bonchev–Trinajstić information content (AvgIpc) is 2.84. The third-order valence-corrected chi connectivity index (χ3v) is 7.60. The fourth-order valence-corrected chi connectivity index (χ4v) is 4.93. The Morgan fingerprint density at radius 2 is 1.67 bits per heavy atom. The van der Waals surface area contributed by atoms with Crippen LogP contribution in [0.2, 0.25) is 0 Å². The van der Waals surface area contributed by atoms with E-state index in [9.17, 15) is 23.3 Å². The number of nitrogens with one attached hydrogen (secondary N) is 1. The molecule has 1 fully saturated rings. The fraction of sp³-hybridized carbons (Fsp3) is 0.375. The maximum Gasteiger partial charge on any atom is 0.338 e. The molecular formula is C24H27N3O5S. The van der Waals surface area contributed by atoms with Crippen molar-refractivity contribution >= 4 is 27.6 Å². The van der Waals surface area contributed by atoms with Gasteiger partial charge in [0.2, 0.25) is 0 Å². The van der Waals surface area contributed by atoms with Crippen LogP contribution in [0.4, 0.5) is 5.69 Å². The van der Waals surface area contributed by atoms with Crippen LogP contribution in [0.1, 0.15) is 49.4 Å². The van der Waals surface area contributed by atoms with Gasteiger partial charge in [-0.3, -0.25) is 9.10 Å². The summed E-state index contributed by atoms with van der Waals surface area (Å²) in [4.78, 5) is 25.0. The normalized spacial score (nSPS) is 16.2. The largest absolute Gasteiger partial charge is 0.449 e. The zero-order valence-electron chi connectivity index (χ0n) is 18.7. The van der Waals surface area contributed by atoms with Crippen LogP contribution in [-0.4, -0.2) is 39.0 Å². The Morgan fingerprint density at radius 3 is 2.24 bits per heavy atom. The summed E-state index contributed by atoms with van der Waals surface area (Å²) >= 11 is 0. The lowest BCUT2D eigenvalue weighted by molar-refractivity contribution is -0.130. The quantitative estimate of drug-likeness (QED) is 0.621. The van der Waals surface area contributed by atoms with E-state index >= 15 is 0 Å². The number of nitrogens with zero attached hydrogens (tertiary/aromatic N) is 2. The van der Waals surface area contributed by atoms with Crippen LogP contribution in [0.3, 0.4) is 0 Å². The lowest BCUT2D eigenvalue weighted by Crippen LogP contribution is -2.52. The first-order chi connectivity index (χ1) is 15.7. The van der Waals surface area contributed by atoms with Crippen LogP contribution < -0.4 is 9.62 Å². The summed E-state index contributed by atoms with van der Waals surface area (Å²) in [7, 11) is -2.36. The van der Waals surface area contributed by atoms with E-state index < -0.39 is 33.5 Å². The third-order valence-electron chi connectivity index (χ3n) is 5.80. The Morgan fingerprint density at radius 1 is 1.06 bits per heavy atom. The van der Waals surface area contributed by atoms with Crippen LogP contribution in [0, 0.1) is 11.3 Å². The number of para-hydroxylation sites is 1.